The van der Waals surface area contributed by atoms with Crippen LogP contribution in [-0.2, 0) is 6.42 Å². The number of nitrogens with zero attached hydrogens (tertiary/aromatic N) is 3. The summed E-state index contributed by atoms with van der Waals surface area (Å²) in [6.07, 6.45) is 3.26. The van der Waals surface area contributed by atoms with E-state index in [1.165, 1.54) is 0 Å². The number of hydrogen-bond donors (Lipinski definition) is 1. The minimum absolute atomic E-state index is 0.0699. The van der Waals surface area contributed by atoms with Gasteiger partial charge < -0.3 is 10.1 Å². The molecule has 1 aromatic heterocycles. The zero-order valence-corrected chi connectivity index (χ0v) is 13.5. The Morgan fingerprint density at radius 1 is 1.04 bits per heavy atom. The maximum Gasteiger partial charge on any atom is 0.141 e. The molecule has 1 unspecified atom stereocenters. The minimum Gasteiger partial charge on any atom is -0.486 e. The molecule has 25 heavy (non-hydrogen) atoms. The first-order chi connectivity index (χ1) is 12.3. The summed E-state index contributed by atoms with van der Waals surface area (Å²) in [6.45, 7) is 0. The Morgan fingerprint density at radius 2 is 1.84 bits per heavy atom. The van der Waals surface area contributed by atoms with Gasteiger partial charge in [-0.3, -0.25) is 0 Å². The van der Waals surface area contributed by atoms with Crippen LogP contribution in [0.4, 0.5) is 11.5 Å². The molecule has 5 heteroatoms. The molecule has 0 fully saturated rings. The first-order valence-corrected chi connectivity index (χ1v) is 8.16. The molecule has 0 saturated carbocycles. The molecule has 0 spiro atoms. The summed E-state index contributed by atoms with van der Waals surface area (Å²) in [7, 11) is 0. The van der Waals surface area contributed by atoms with Crippen molar-refractivity contribution in [3.05, 3.63) is 77.7 Å². The van der Waals surface area contributed by atoms with Crippen LogP contribution in [0.3, 0.4) is 0 Å². The van der Waals surface area contributed by atoms with E-state index in [1.54, 1.807) is 18.5 Å². The van der Waals surface area contributed by atoms with Crippen molar-refractivity contribution in [2.45, 2.75) is 18.9 Å². The van der Waals surface area contributed by atoms with Gasteiger partial charge in [0.05, 0.1) is 22.9 Å². The summed E-state index contributed by atoms with van der Waals surface area (Å²) in [5.74, 6) is 1.60. The number of fused-ring (bicyclic) bond motifs is 1. The zero-order valence-electron chi connectivity index (χ0n) is 13.5. The van der Waals surface area contributed by atoms with Crippen molar-refractivity contribution in [3.63, 3.8) is 0 Å². The third-order valence-corrected chi connectivity index (χ3v) is 4.23. The molecule has 1 N–H and O–H groups in total. The molecule has 0 aliphatic heterocycles. The molecule has 0 saturated heterocycles. The standard InChI is InChI=1S/C20H16N4O/c21-12-14-6-8-15(9-7-14)24-20-19-17(22-13-23-20)10-11-18(19)25-16-4-2-1-3-5-16/h1-9,13,18H,10-11H2,(H,22,23,24). The van der Waals surface area contributed by atoms with Gasteiger partial charge in [0.15, 0.2) is 0 Å². The highest BCUT2D eigenvalue weighted by Crippen LogP contribution is 2.38. The Morgan fingerprint density at radius 3 is 2.60 bits per heavy atom. The SMILES string of the molecule is N#Cc1ccc(Nc2ncnc3c2C(Oc2ccccc2)CC3)cc1. The second-order valence-corrected chi connectivity index (χ2v) is 5.86. The number of rotatable bonds is 4. The van der Waals surface area contributed by atoms with Gasteiger partial charge in [-0.05, 0) is 49.2 Å². The lowest BCUT2D eigenvalue weighted by atomic mass is 10.2. The average Bonchev–Trinajstić information content (AvgIpc) is 3.07. The van der Waals surface area contributed by atoms with E-state index in [0.717, 1.165) is 41.4 Å². The number of nitriles is 1. The summed E-state index contributed by atoms with van der Waals surface area (Å²) in [6, 6.07) is 19.2. The second kappa shape index (κ2) is 6.62. The van der Waals surface area contributed by atoms with Gasteiger partial charge in [0.1, 0.15) is 24.0 Å². The maximum absolute atomic E-state index is 8.91. The summed E-state index contributed by atoms with van der Waals surface area (Å²) >= 11 is 0. The molecule has 0 bridgehead atoms. The third-order valence-electron chi connectivity index (χ3n) is 4.23. The van der Waals surface area contributed by atoms with Crippen molar-refractivity contribution in [2.75, 3.05) is 5.32 Å². The van der Waals surface area contributed by atoms with E-state index in [-0.39, 0.29) is 6.10 Å². The van der Waals surface area contributed by atoms with E-state index in [1.807, 2.05) is 42.5 Å². The summed E-state index contributed by atoms with van der Waals surface area (Å²) in [5.41, 5.74) is 3.54. The zero-order chi connectivity index (χ0) is 17.1. The van der Waals surface area contributed by atoms with Crippen LogP contribution in [0.5, 0.6) is 5.75 Å². The predicted molar refractivity (Wildman–Crippen MR) is 94.6 cm³/mol. The Labute approximate surface area is 145 Å². The molecule has 2 aromatic carbocycles. The highest BCUT2D eigenvalue weighted by Gasteiger charge is 2.29. The van der Waals surface area contributed by atoms with Crippen molar-refractivity contribution in [2.24, 2.45) is 0 Å². The summed E-state index contributed by atoms with van der Waals surface area (Å²) < 4.78 is 6.15. The number of anilines is 2. The van der Waals surface area contributed by atoms with E-state index in [2.05, 4.69) is 21.4 Å². The van der Waals surface area contributed by atoms with Gasteiger partial charge in [-0.25, -0.2) is 9.97 Å². The Hall–Kier alpha value is -3.39. The lowest BCUT2D eigenvalue weighted by Crippen LogP contribution is -2.08. The maximum atomic E-state index is 8.91. The minimum atomic E-state index is -0.0699. The van der Waals surface area contributed by atoms with Crippen molar-refractivity contribution < 1.29 is 4.74 Å². The predicted octanol–water partition coefficient (Wildman–Crippen LogP) is 4.16. The van der Waals surface area contributed by atoms with Crippen LogP contribution in [0.2, 0.25) is 0 Å². The van der Waals surface area contributed by atoms with Crippen LogP contribution in [-0.4, -0.2) is 9.97 Å². The van der Waals surface area contributed by atoms with Gasteiger partial charge in [-0.1, -0.05) is 18.2 Å². The van der Waals surface area contributed by atoms with Crippen LogP contribution < -0.4 is 10.1 Å². The van der Waals surface area contributed by atoms with Gasteiger partial charge in [0.2, 0.25) is 0 Å². The molecule has 1 heterocycles. The van der Waals surface area contributed by atoms with E-state index < -0.39 is 0 Å². The van der Waals surface area contributed by atoms with Crippen molar-refractivity contribution >= 4 is 11.5 Å². The molecule has 0 amide bonds. The molecule has 4 rings (SSSR count). The van der Waals surface area contributed by atoms with Gasteiger partial charge in [-0.15, -0.1) is 0 Å². The van der Waals surface area contributed by atoms with E-state index >= 15 is 0 Å². The van der Waals surface area contributed by atoms with Crippen molar-refractivity contribution in [1.29, 1.82) is 5.26 Å². The molecular formula is C20H16N4O. The second-order valence-electron chi connectivity index (χ2n) is 5.86. The highest BCUT2D eigenvalue weighted by molar-refractivity contribution is 5.62. The number of ether oxygens (including phenoxy) is 1. The lowest BCUT2D eigenvalue weighted by molar-refractivity contribution is 0.208. The number of aryl methyl sites for hydroxylation is 1. The van der Waals surface area contributed by atoms with Gasteiger partial charge >= 0.3 is 0 Å². The fourth-order valence-corrected chi connectivity index (χ4v) is 3.03. The normalized spacial score (nSPS) is 15.2. The van der Waals surface area contributed by atoms with Gasteiger partial charge in [0, 0.05) is 5.69 Å². The lowest BCUT2D eigenvalue weighted by Gasteiger charge is -2.17. The van der Waals surface area contributed by atoms with Crippen LogP contribution >= 0.6 is 0 Å². The monoisotopic (exact) mass is 328 g/mol. The number of aromatic nitrogens is 2. The van der Waals surface area contributed by atoms with Gasteiger partial charge in [0.25, 0.3) is 0 Å². The molecule has 0 radical (unpaired) electrons. The number of para-hydroxylation sites is 1. The van der Waals surface area contributed by atoms with Crippen LogP contribution in [0, 0.1) is 11.3 Å². The van der Waals surface area contributed by atoms with E-state index in [9.17, 15) is 0 Å². The molecule has 1 atom stereocenters. The molecule has 1 aliphatic carbocycles. The largest absolute Gasteiger partial charge is 0.486 e. The Bertz CT molecular complexity index is 917. The van der Waals surface area contributed by atoms with E-state index in [4.69, 9.17) is 10.00 Å². The van der Waals surface area contributed by atoms with Crippen molar-refractivity contribution in [3.8, 4) is 11.8 Å². The van der Waals surface area contributed by atoms with E-state index in [0.29, 0.717) is 5.56 Å². The summed E-state index contributed by atoms with van der Waals surface area (Å²) in [5, 5.41) is 12.2. The molecule has 1 aliphatic rings. The average molecular weight is 328 g/mol. The molecule has 5 nitrogen and oxygen atoms in total. The van der Waals surface area contributed by atoms with Crippen LogP contribution in [0.15, 0.2) is 60.9 Å². The molecule has 122 valence electrons. The topological polar surface area (TPSA) is 70.8 Å². The quantitative estimate of drug-likeness (QED) is 0.778. The number of nitrogens with one attached hydrogen (secondary N) is 1. The Balaban J connectivity index is 1.62. The summed E-state index contributed by atoms with van der Waals surface area (Å²) in [4.78, 5) is 8.82. The van der Waals surface area contributed by atoms with Crippen molar-refractivity contribution in [1.82, 2.24) is 9.97 Å². The van der Waals surface area contributed by atoms with Crippen LogP contribution in [0.1, 0.15) is 29.3 Å². The fourth-order valence-electron chi connectivity index (χ4n) is 3.03. The first-order valence-electron chi connectivity index (χ1n) is 8.16. The fraction of sp³-hybridized carbons (Fsp3) is 0.150. The number of benzene rings is 2. The third kappa shape index (κ3) is 3.15. The molecular weight excluding hydrogens is 312 g/mol. The number of hydrogen-bond acceptors (Lipinski definition) is 5. The smallest absolute Gasteiger partial charge is 0.141 e. The molecule has 3 aromatic rings. The Kier molecular flexibility index (Phi) is 4.01. The highest BCUT2D eigenvalue weighted by atomic mass is 16.5. The van der Waals surface area contributed by atoms with Crippen LogP contribution in [0.25, 0.3) is 0 Å². The first kappa shape index (κ1) is 15.2. The van der Waals surface area contributed by atoms with Gasteiger partial charge in [-0.2, -0.15) is 5.26 Å².